The van der Waals surface area contributed by atoms with Crippen LogP contribution in [0.2, 0.25) is 0 Å². The van der Waals surface area contributed by atoms with E-state index < -0.39 is 0 Å². The molecule has 1 aliphatic carbocycles. The van der Waals surface area contributed by atoms with Gasteiger partial charge in [0, 0.05) is 13.6 Å². The van der Waals surface area contributed by atoms with Crippen molar-refractivity contribution < 1.29 is 9.84 Å². The van der Waals surface area contributed by atoms with Crippen LogP contribution in [0.3, 0.4) is 0 Å². The fourth-order valence-corrected chi connectivity index (χ4v) is 2.48. The van der Waals surface area contributed by atoms with Crippen LogP contribution in [-0.4, -0.2) is 31.4 Å². The lowest BCUT2D eigenvalue weighted by molar-refractivity contribution is 0.0465. The summed E-state index contributed by atoms with van der Waals surface area (Å²) in [6.07, 6.45) is 1.70. The van der Waals surface area contributed by atoms with Crippen LogP contribution in [0.5, 0.6) is 5.75 Å². The molecular weight excluding hydrogens is 228 g/mol. The summed E-state index contributed by atoms with van der Waals surface area (Å²) in [6, 6.07) is 5.86. The van der Waals surface area contributed by atoms with Gasteiger partial charge < -0.3 is 20.5 Å². The molecule has 0 radical (unpaired) electrons. The SMILES string of the molecule is CCOc1cccc(N(C)CC2CC(O)C2)c1N. The zero-order chi connectivity index (χ0) is 13.1. The average molecular weight is 250 g/mol. The Morgan fingerprint density at radius 2 is 2.17 bits per heavy atom. The van der Waals surface area contributed by atoms with Gasteiger partial charge in [0.25, 0.3) is 0 Å². The molecule has 0 aliphatic heterocycles. The number of hydrogen-bond donors (Lipinski definition) is 2. The largest absolute Gasteiger partial charge is 0.492 e. The van der Waals surface area contributed by atoms with E-state index in [9.17, 15) is 5.11 Å². The van der Waals surface area contributed by atoms with E-state index >= 15 is 0 Å². The number of nitrogens with zero attached hydrogens (tertiary/aromatic N) is 1. The number of benzene rings is 1. The lowest BCUT2D eigenvalue weighted by Gasteiger charge is -2.35. The molecule has 4 heteroatoms. The van der Waals surface area contributed by atoms with Crippen LogP contribution < -0.4 is 15.4 Å². The van der Waals surface area contributed by atoms with E-state index in [0.29, 0.717) is 18.2 Å². The van der Waals surface area contributed by atoms with Crippen LogP contribution in [0.4, 0.5) is 11.4 Å². The Morgan fingerprint density at radius 3 is 2.78 bits per heavy atom. The minimum absolute atomic E-state index is 0.101. The molecule has 4 nitrogen and oxygen atoms in total. The van der Waals surface area contributed by atoms with E-state index in [2.05, 4.69) is 4.90 Å². The molecule has 0 bridgehead atoms. The zero-order valence-electron chi connectivity index (χ0n) is 11.1. The Labute approximate surface area is 108 Å². The first kappa shape index (κ1) is 13.0. The van der Waals surface area contributed by atoms with Crippen molar-refractivity contribution in [3.63, 3.8) is 0 Å². The van der Waals surface area contributed by atoms with Gasteiger partial charge in [-0.05, 0) is 37.8 Å². The van der Waals surface area contributed by atoms with Crippen molar-refractivity contribution in [1.29, 1.82) is 0 Å². The average Bonchev–Trinajstić information content (AvgIpc) is 2.30. The highest BCUT2D eigenvalue weighted by atomic mass is 16.5. The molecule has 0 atom stereocenters. The minimum Gasteiger partial charge on any atom is -0.492 e. The quantitative estimate of drug-likeness (QED) is 0.783. The first-order valence-corrected chi connectivity index (χ1v) is 6.52. The van der Waals surface area contributed by atoms with Crippen molar-refractivity contribution >= 4 is 11.4 Å². The predicted molar refractivity (Wildman–Crippen MR) is 74.0 cm³/mol. The Hall–Kier alpha value is -1.42. The van der Waals surface area contributed by atoms with Crippen molar-refractivity contribution in [3.8, 4) is 5.75 Å². The maximum absolute atomic E-state index is 9.31. The van der Waals surface area contributed by atoms with Gasteiger partial charge in [-0.3, -0.25) is 0 Å². The number of nitrogens with two attached hydrogens (primary N) is 1. The summed E-state index contributed by atoms with van der Waals surface area (Å²) in [4.78, 5) is 2.15. The normalized spacial score (nSPS) is 22.4. The Kier molecular flexibility index (Phi) is 3.97. The van der Waals surface area contributed by atoms with E-state index in [4.69, 9.17) is 10.5 Å². The topological polar surface area (TPSA) is 58.7 Å². The molecule has 0 amide bonds. The molecule has 100 valence electrons. The van der Waals surface area contributed by atoms with Crippen molar-refractivity contribution in [2.45, 2.75) is 25.9 Å². The molecule has 1 aromatic rings. The van der Waals surface area contributed by atoms with Gasteiger partial charge in [-0.25, -0.2) is 0 Å². The molecule has 1 fully saturated rings. The second-order valence-corrected chi connectivity index (χ2v) is 4.99. The fourth-order valence-electron chi connectivity index (χ4n) is 2.48. The van der Waals surface area contributed by atoms with Gasteiger partial charge in [-0.2, -0.15) is 0 Å². The number of ether oxygens (including phenoxy) is 1. The summed E-state index contributed by atoms with van der Waals surface area (Å²) in [5.74, 6) is 1.32. The van der Waals surface area contributed by atoms with E-state index in [-0.39, 0.29) is 6.10 Å². The van der Waals surface area contributed by atoms with E-state index in [1.54, 1.807) is 0 Å². The van der Waals surface area contributed by atoms with Crippen LogP contribution in [0, 0.1) is 5.92 Å². The molecule has 1 aromatic carbocycles. The smallest absolute Gasteiger partial charge is 0.144 e. The molecular formula is C14H22N2O2. The monoisotopic (exact) mass is 250 g/mol. The number of aliphatic hydroxyl groups is 1. The third kappa shape index (κ3) is 2.70. The molecule has 0 spiro atoms. The second-order valence-electron chi connectivity index (χ2n) is 4.99. The van der Waals surface area contributed by atoms with Crippen LogP contribution in [0.1, 0.15) is 19.8 Å². The van der Waals surface area contributed by atoms with Gasteiger partial charge in [0.1, 0.15) is 5.75 Å². The van der Waals surface area contributed by atoms with Gasteiger partial charge >= 0.3 is 0 Å². The first-order chi connectivity index (χ1) is 8.61. The van der Waals surface area contributed by atoms with Crippen LogP contribution in [0.15, 0.2) is 18.2 Å². The summed E-state index contributed by atoms with van der Waals surface area (Å²) >= 11 is 0. The van der Waals surface area contributed by atoms with Crippen LogP contribution in [-0.2, 0) is 0 Å². The second kappa shape index (κ2) is 5.48. The Bertz CT molecular complexity index is 403. The van der Waals surface area contributed by atoms with Crippen molar-refractivity contribution in [1.82, 2.24) is 0 Å². The summed E-state index contributed by atoms with van der Waals surface area (Å²) < 4.78 is 5.50. The number of aliphatic hydroxyl groups excluding tert-OH is 1. The third-order valence-corrected chi connectivity index (χ3v) is 3.50. The highest BCUT2D eigenvalue weighted by Crippen LogP contribution is 2.34. The Balaban J connectivity index is 2.04. The molecule has 3 N–H and O–H groups in total. The standard InChI is InChI=1S/C14H22N2O2/c1-3-18-13-6-4-5-12(14(13)15)16(2)9-10-7-11(17)8-10/h4-6,10-11,17H,3,7-9,15H2,1-2H3. The van der Waals surface area contributed by atoms with Gasteiger partial charge in [-0.15, -0.1) is 0 Å². The molecule has 0 aromatic heterocycles. The number of rotatable bonds is 5. The number of para-hydroxylation sites is 1. The van der Waals surface area contributed by atoms with E-state index in [0.717, 1.165) is 30.8 Å². The fraction of sp³-hybridized carbons (Fsp3) is 0.571. The summed E-state index contributed by atoms with van der Waals surface area (Å²) in [5.41, 5.74) is 7.81. The van der Waals surface area contributed by atoms with Gasteiger partial charge in [-0.1, -0.05) is 6.07 Å². The predicted octanol–water partition coefficient (Wildman–Crippen LogP) is 1.87. The minimum atomic E-state index is -0.101. The maximum Gasteiger partial charge on any atom is 0.144 e. The third-order valence-electron chi connectivity index (χ3n) is 3.50. The molecule has 1 saturated carbocycles. The molecule has 0 unspecified atom stereocenters. The van der Waals surface area contributed by atoms with Crippen LogP contribution >= 0.6 is 0 Å². The van der Waals surface area contributed by atoms with E-state index in [1.807, 2.05) is 32.2 Å². The molecule has 0 heterocycles. The molecule has 1 aliphatic rings. The van der Waals surface area contributed by atoms with E-state index in [1.165, 1.54) is 0 Å². The van der Waals surface area contributed by atoms with Gasteiger partial charge in [0.15, 0.2) is 0 Å². The lowest BCUT2D eigenvalue weighted by atomic mass is 9.82. The van der Waals surface area contributed by atoms with Gasteiger partial charge in [0.2, 0.25) is 0 Å². The zero-order valence-corrected chi connectivity index (χ0v) is 11.1. The van der Waals surface area contributed by atoms with Crippen molar-refractivity contribution in [2.24, 2.45) is 5.92 Å². The highest BCUT2D eigenvalue weighted by Gasteiger charge is 2.28. The van der Waals surface area contributed by atoms with Crippen molar-refractivity contribution in [3.05, 3.63) is 18.2 Å². The van der Waals surface area contributed by atoms with Crippen molar-refractivity contribution in [2.75, 3.05) is 30.8 Å². The summed E-state index contributed by atoms with van der Waals surface area (Å²) in [6.45, 7) is 3.49. The first-order valence-electron chi connectivity index (χ1n) is 6.52. The van der Waals surface area contributed by atoms with Gasteiger partial charge in [0.05, 0.1) is 24.1 Å². The number of anilines is 2. The molecule has 0 saturated heterocycles. The lowest BCUT2D eigenvalue weighted by Crippen LogP contribution is -2.37. The van der Waals surface area contributed by atoms with Crippen LogP contribution in [0.25, 0.3) is 0 Å². The maximum atomic E-state index is 9.31. The molecule has 2 rings (SSSR count). The molecule has 18 heavy (non-hydrogen) atoms. The highest BCUT2D eigenvalue weighted by molar-refractivity contribution is 5.73. The number of hydrogen-bond acceptors (Lipinski definition) is 4. The number of nitrogen functional groups attached to an aromatic ring is 1. The Morgan fingerprint density at radius 1 is 1.44 bits per heavy atom. The summed E-state index contributed by atoms with van der Waals surface area (Å²) in [5, 5.41) is 9.31. The summed E-state index contributed by atoms with van der Waals surface area (Å²) in [7, 11) is 2.03.